The summed E-state index contributed by atoms with van der Waals surface area (Å²) in [7, 11) is 0. The first kappa shape index (κ1) is 15.1. The molecule has 0 spiro atoms. The van der Waals surface area contributed by atoms with E-state index in [0.717, 1.165) is 31.6 Å². The SMILES string of the molecule is CCCNC(CCOCC)c1ccc(C)c(F)c1. The zero-order valence-electron chi connectivity index (χ0n) is 11.6. The zero-order valence-corrected chi connectivity index (χ0v) is 11.6. The predicted molar refractivity (Wildman–Crippen MR) is 73.3 cm³/mol. The fourth-order valence-corrected chi connectivity index (χ4v) is 1.88. The van der Waals surface area contributed by atoms with Crippen LogP contribution >= 0.6 is 0 Å². The topological polar surface area (TPSA) is 21.3 Å². The Morgan fingerprint density at radius 1 is 1.33 bits per heavy atom. The lowest BCUT2D eigenvalue weighted by molar-refractivity contribution is 0.136. The summed E-state index contributed by atoms with van der Waals surface area (Å²) in [6.45, 7) is 8.26. The van der Waals surface area contributed by atoms with E-state index >= 15 is 0 Å². The molecule has 1 N–H and O–H groups in total. The van der Waals surface area contributed by atoms with E-state index in [1.807, 2.05) is 19.1 Å². The first-order chi connectivity index (χ1) is 8.69. The molecule has 0 fully saturated rings. The summed E-state index contributed by atoms with van der Waals surface area (Å²) in [4.78, 5) is 0. The molecular formula is C15H24FNO. The summed E-state index contributed by atoms with van der Waals surface area (Å²) in [5, 5.41) is 3.44. The lowest BCUT2D eigenvalue weighted by Gasteiger charge is -2.19. The van der Waals surface area contributed by atoms with E-state index in [9.17, 15) is 4.39 Å². The van der Waals surface area contributed by atoms with Crippen LogP contribution in [0.3, 0.4) is 0 Å². The molecule has 102 valence electrons. The van der Waals surface area contributed by atoms with Crippen LogP contribution in [0.25, 0.3) is 0 Å². The third-order valence-corrected chi connectivity index (χ3v) is 2.99. The number of rotatable bonds is 8. The van der Waals surface area contributed by atoms with Gasteiger partial charge in [-0.2, -0.15) is 0 Å². The molecule has 0 saturated carbocycles. The van der Waals surface area contributed by atoms with Gasteiger partial charge >= 0.3 is 0 Å². The minimum atomic E-state index is -0.132. The van der Waals surface area contributed by atoms with E-state index < -0.39 is 0 Å². The average Bonchev–Trinajstić information content (AvgIpc) is 2.37. The van der Waals surface area contributed by atoms with Crippen molar-refractivity contribution in [1.82, 2.24) is 5.32 Å². The summed E-state index contributed by atoms with van der Waals surface area (Å²) in [6, 6.07) is 5.64. The number of halogens is 1. The first-order valence-corrected chi connectivity index (χ1v) is 6.76. The van der Waals surface area contributed by atoms with Crippen molar-refractivity contribution in [2.75, 3.05) is 19.8 Å². The Morgan fingerprint density at radius 3 is 2.72 bits per heavy atom. The fraction of sp³-hybridized carbons (Fsp3) is 0.600. The fourth-order valence-electron chi connectivity index (χ4n) is 1.88. The van der Waals surface area contributed by atoms with Crippen molar-refractivity contribution >= 4 is 0 Å². The highest BCUT2D eigenvalue weighted by atomic mass is 19.1. The highest BCUT2D eigenvalue weighted by Crippen LogP contribution is 2.19. The molecule has 18 heavy (non-hydrogen) atoms. The van der Waals surface area contributed by atoms with E-state index in [2.05, 4.69) is 12.2 Å². The number of aryl methyl sites for hydroxylation is 1. The maximum Gasteiger partial charge on any atom is 0.126 e. The van der Waals surface area contributed by atoms with Gasteiger partial charge in [-0.3, -0.25) is 0 Å². The lowest BCUT2D eigenvalue weighted by atomic mass is 10.0. The molecule has 0 amide bonds. The van der Waals surface area contributed by atoms with Crippen molar-refractivity contribution < 1.29 is 9.13 Å². The minimum absolute atomic E-state index is 0.132. The number of hydrogen-bond donors (Lipinski definition) is 1. The Hall–Kier alpha value is -0.930. The Morgan fingerprint density at radius 2 is 2.11 bits per heavy atom. The van der Waals surface area contributed by atoms with Crippen molar-refractivity contribution in [2.45, 2.75) is 39.7 Å². The predicted octanol–water partition coefficient (Wildman–Crippen LogP) is 3.60. The number of nitrogens with one attached hydrogen (secondary N) is 1. The normalized spacial score (nSPS) is 12.7. The van der Waals surface area contributed by atoms with Crippen molar-refractivity contribution in [2.24, 2.45) is 0 Å². The molecule has 0 saturated heterocycles. The van der Waals surface area contributed by atoms with Gasteiger partial charge in [-0.25, -0.2) is 4.39 Å². The van der Waals surface area contributed by atoms with Gasteiger partial charge in [0.2, 0.25) is 0 Å². The van der Waals surface area contributed by atoms with E-state index in [0.29, 0.717) is 12.2 Å². The lowest BCUT2D eigenvalue weighted by Crippen LogP contribution is -2.23. The van der Waals surface area contributed by atoms with Gasteiger partial charge in [0.25, 0.3) is 0 Å². The second kappa shape index (κ2) is 8.22. The smallest absolute Gasteiger partial charge is 0.126 e. The molecule has 1 rings (SSSR count). The Balaban J connectivity index is 2.70. The summed E-state index contributed by atoms with van der Waals surface area (Å²) in [5.41, 5.74) is 1.70. The molecule has 1 unspecified atom stereocenters. The highest BCUT2D eigenvalue weighted by Gasteiger charge is 2.12. The molecule has 0 radical (unpaired) electrons. The van der Waals surface area contributed by atoms with Crippen LogP contribution in [0.4, 0.5) is 4.39 Å². The van der Waals surface area contributed by atoms with Crippen LogP contribution in [0, 0.1) is 12.7 Å². The first-order valence-electron chi connectivity index (χ1n) is 6.76. The van der Waals surface area contributed by atoms with Crippen LogP contribution in [0.15, 0.2) is 18.2 Å². The van der Waals surface area contributed by atoms with Crippen molar-refractivity contribution in [3.05, 3.63) is 35.1 Å². The van der Waals surface area contributed by atoms with Gasteiger partial charge in [0, 0.05) is 19.3 Å². The van der Waals surface area contributed by atoms with Crippen LogP contribution in [0.5, 0.6) is 0 Å². The summed E-state index contributed by atoms with van der Waals surface area (Å²) < 4.78 is 19.0. The zero-order chi connectivity index (χ0) is 13.4. The Kier molecular flexibility index (Phi) is 6.91. The maximum absolute atomic E-state index is 13.6. The second-order valence-electron chi connectivity index (χ2n) is 4.50. The minimum Gasteiger partial charge on any atom is -0.382 e. The van der Waals surface area contributed by atoms with Crippen LogP contribution in [-0.2, 0) is 4.74 Å². The molecule has 0 bridgehead atoms. The highest BCUT2D eigenvalue weighted by molar-refractivity contribution is 5.25. The quantitative estimate of drug-likeness (QED) is 0.715. The molecule has 0 aliphatic carbocycles. The number of ether oxygens (including phenoxy) is 1. The summed E-state index contributed by atoms with van der Waals surface area (Å²) in [5.74, 6) is -0.132. The van der Waals surface area contributed by atoms with Gasteiger partial charge in [-0.1, -0.05) is 19.1 Å². The molecule has 2 nitrogen and oxygen atoms in total. The molecule has 0 aliphatic heterocycles. The number of hydrogen-bond acceptors (Lipinski definition) is 2. The summed E-state index contributed by atoms with van der Waals surface area (Å²) >= 11 is 0. The third kappa shape index (κ3) is 4.75. The van der Waals surface area contributed by atoms with Crippen LogP contribution in [-0.4, -0.2) is 19.8 Å². The van der Waals surface area contributed by atoms with E-state index in [-0.39, 0.29) is 11.9 Å². The third-order valence-electron chi connectivity index (χ3n) is 2.99. The second-order valence-corrected chi connectivity index (χ2v) is 4.50. The van der Waals surface area contributed by atoms with Crippen molar-refractivity contribution in [3.8, 4) is 0 Å². The van der Waals surface area contributed by atoms with Gasteiger partial charge < -0.3 is 10.1 Å². The molecule has 0 aromatic heterocycles. The standard InChI is InChI=1S/C15H24FNO/c1-4-9-17-15(8-10-18-5-2)13-7-6-12(3)14(16)11-13/h6-7,11,15,17H,4-5,8-10H2,1-3H3. The van der Waals surface area contributed by atoms with Crippen molar-refractivity contribution in [1.29, 1.82) is 0 Å². The van der Waals surface area contributed by atoms with E-state index in [1.165, 1.54) is 0 Å². The largest absolute Gasteiger partial charge is 0.382 e. The Labute approximate surface area is 110 Å². The van der Waals surface area contributed by atoms with Crippen molar-refractivity contribution in [3.63, 3.8) is 0 Å². The van der Waals surface area contributed by atoms with Gasteiger partial charge in [0.15, 0.2) is 0 Å². The molecule has 1 aromatic carbocycles. The van der Waals surface area contributed by atoms with Gasteiger partial charge in [-0.05, 0) is 50.4 Å². The van der Waals surface area contributed by atoms with Gasteiger partial charge in [-0.15, -0.1) is 0 Å². The summed E-state index contributed by atoms with van der Waals surface area (Å²) in [6.07, 6.45) is 1.94. The molecule has 1 atom stereocenters. The molecule has 3 heteroatoms. The maximum atomic E-state index is 13.6. The molecule has 1 aromatic rings. The van der Waals surface area contributed by atoms with Crippen LogP contribution in [0.2, 0.25) is 0 Å². The van der Waals surface area contributed by atoms with Crippen LogP contribution < -0.4 is 5.32 Å². The van der Waals surface area contributed by atoms with Gasteiger partial charge in [0.05, 0.1) is 0 Å². The molecular weight excluding hydrogens is 229 g/mol. The monoisotopic (exact) mass is 253 g/mol. The average molecular weight is 253 g/mol. The number of benzene rings is 1. The molecule has 0 heterocycles. The Bertz CT molecular complexity index is 354. The van der Waals surface area contributed by atoms with E-state index in [1.54, 1.807) is 13.0 Å². The van der Waals surface area contributed by atoms with Gasteiger partial charge in [0.1, 0.15) is 5.82 Å². The molecule has 0 aliphatic rings. The van der Waals surface area contributed by atoms with E-state index in [4.69, 9.17) is 4.74 Å². The van der Waals surface area contributed by atoms with Crippen LogP contribution in [0.1, 0.15) is 43.9 Å².